The molecule has 1 aliphatic heterocycles. The van der Waals surface area contributed by atoms with Gasteiger partial charge in [0, 0.05) is 0 Å². The van der Waals surface area contributed by atoms with Gasteiger partial charge in [-0.2, -0.15) is 0 Å². The first-order chi connectivity index (χ1) is 9.47. The molecule has 6 nitrogen and oxygen atoms in total. The minimum atomic E-state index is -1.20. The van der Waals surface area contributed by atoms with Gasteiger partial charge in [0.25, 0.3) is 5.91 Å². The van der Waals surface area contributed by atoms with Gasteiger partial charge >= 0.3 is 5.97 Å². The van der Waals surface area contributed by atoms with E-state index >= 15 is 0 Å². The number of hydrogen-bond acceptors (Lipinski definition) is 4. The molecule has 1 amide bonds. The minimum absolute atomic E-state index is 0.410. The topological polar surface area (TPSA) is 104 Å². The Bertz CT molecular complexity index is 540. The van der Waals surface area contributed by atoms with Gasteiger partial charge in [-0.3, -0.25) is 14.4 Å². The summed E-state index contributed by atoms with van der Waals surface area (Å²) in [6, 6.07) is -1.12. The van der Waals surface area contributed by atoms with Gasteiger partial charge < -0.3 is 15.5 Å². The van der Waals surface area contributed by atoms with Crippen molar-refractivity contribution < 1.29 is 24.6 Å². The summed E-state index contributed by atoms with van der Waals surface area (Å²) in [5.74, 6) is -3.16. The third kappa shape index (κ3) is 3.94. The lowest BCUT2D eigenvalue weighted by Gasteiger charge is -2.02. The van der Waals surface area contributed by atoms with E-state index in [0.717, 1.165) is 0 Å². The second-order valence-corrected chi connectivity index (χ2v) is 4.02. The first-order valence-corrected chi connectivity index (χ1v) is 5.93. The van der Waals surface area contributed by atoms with E-state index < -0.39 is 41.5 Å². The van der Waals surface area contributed by atoms with Crippen molar-refractivity contribution in [2.24, 2.45) is 0 Å². The first-order valence-electron chi connectivity index (χ1n) is 5.93. The Morgan fingerprint density at radius 3 is 2.45 bits per heavy atom. The molecule has 1 fully saturated rings. The van der Waals surface area contributed by atoms with Crippen molar-refractivity contribution in [3.63, 3.8) is 0 Å². The molecule has 3 N–H and O–H groups in total. The van der Waals surface area contributed by atoms with Crippen LogP contribution < -0.4 is 5.32 Å². The highest BCUT2D eigenvalue weighted by molar-refractivity contribution is 6.27. The molecular weight excluding hydrogens is 262 g/mol. The van der Waals surface area contributed by atoms with Crippen LogP contribution in [0.3, 0.4) is 0 Å². The van der Waals surface area contributed by atoms with Crippen molar-refractivity contribution in [3.8, 4) is 0 Å². The average Bonchev–Trinajstić information content (AvgIpc) is 2.63. The summed E-state index contributed by atoms with van der Waals surface area (Å²) in [6.07, 6.45) is 9.06. The Morgan fingerprint density at radius 2 is 1.85 bits per heavy atom. The third-order valence-corrected chi connectivity index (χ3v) is 2.51. The maximum Gasteiger partial charge on any atom is 0.305 e. The first kappa shape index (κ1) is 15.4. The van der Waals surface area contributed by atoms with Crippen molar-refractivity contribution in [1.29, 1.82) is 0 Å². The SMILES string of the molecule is C/C=C/C=C/C=C/C(O)=C1\C(=O)NC(CC(=O)O)C1=O. The highest BCUT2D eigenvalue weighted by Gasteiger charge is 2.38. The molecule has 1 heterocycles. The lowest BCUT2D eigenvalue weighted by atomic mass is 10.1. The maximum atomic E-state index is 11.8. The number of aliphatic hydroxyl groups is 1. The number of amides is 1. The highest BCUT2D eigenvalue weighted by atomic mass is 16.4. The van der Waals surface area contributed by atoms with Gasteiger partial charge in [-0.25, -0.2) is 0 Å². The molecule has 0 spiro atoms. The molecule has 1 rings (SSSR count). The monoisotopic (exact) mass is 277 g/mol. The minimum Gasteiger partial charge on any atom is -0.507 e. The van der Waals surface area contributed by atoms with E-state index in [4.69, 9.17) is 5.11 Å². The van der Waals surface area contributed by atoms with E-state index in [1.165, 1.54) is 12.2 Å². The van der Waals surface area contributed by atoms with Gasteiger partial charge in [0.05, 0.1) is 6.42 Å². The summed E-state index contributed by atoms with van der Waals surface area (Å²) in [6.45, 7) is 1.84. The van der Waals surface area contributed by atoms with Crippen molar-refractivity contribution in [2.75, 3.05) is 0 Å². The van der Waals surface area contributed by atoms with E-state index in [0.29, 0.717) is 0 Å². The quantitative estimate of drug-likeness (QED) is 0.301. The van der Waals surface area contributed by atoms with Crippen LogP contribution in [0.5, 0.6) is 0 Å². The predicted molar refractivity (Wildman–Crippen MR) is 71.9 cm³/mol. The fraction of sp³-hybridized carbons (Fsp3) is 0.214. The average molecular weight is 277 g/mol. The zero-order valence-corrected chi connectivity index (χ0v) is 10.9. The fourth-order valence-electron chi connectivity index (χ4n) is 1.61. The molecule has 0 bridgehead atoms. The van der Waals surface area contributed by atoms with Crippen LogP contribution in [0, 0.1) is 0 Å². The Hall–Kier alpha value is -2.63. The van der Waals surface area contributed by atoms with E-state index in [9.17, 15) is 19.5 Å². The molecule has 1 saturated heterocycles. The van der Waals surface area contributed by atoms with Gasteiger partial charge in [0.2, 0.25) is 0 Å². The van der Waals surface area contributed by atoms with Crippen LogP contribution in [0.4, 0.5) is 0 Å². The van der Waals surface area contributed by atoms with E-state index in [-0.39, 0.29) is 0 Å². The highest BCUT2D eigenvalue weighted by Crippen LogP contribution is 2.16. The second kappa shape index (κ2) is 7.08. The molecule has 0 aromatic rings. The lowest BCUT2D eigenvalue weighted by molar-refractivity contribution is -0.138. The largest absolute Gasteiger partial charge is 0.507 e. The van der Waals surface area contributed by atoms with Crippen LogP contribution >= 0.6 is 0 Å². The van der Waals surface area contributed by atoms with Crippen molar-refractivity contribution in [1.82, 2.24) is 5.32 Å². The number of carboxylic acids is 1. The number of allylic oxidation sites excluding steroid dienone is 6. The number of hydrogen-bond donors (Lipinski definition) is 3. The predicted octanol–water partition coefficient (Wildman–Crippen LogP) is 1.03. The summed E-state index contributed by atoms with van der Waals surface area (Å²) < 4.78 is 0. The molecule has 1 unspecified atom stereocenters. The Balaban J connectivity index is 2.87. The molecule has 6 heteroatoms. The third-order valence-electron chi connectivity index (χ3n) is 2.51. The number of Topliss-reactive ketones (excluding diaryl/α,β-unsaturated/α-hetero) is 1. The number of nitrogens with one attached hydrogen (secondary N) is 1. The van der Waals surface area contributed by atoms with Crippen molar-refractivity contribution >= 4 is 17.7 Å². The summed E-state index contributed by atoms with van der Waals surface area (Å²) in [5.41, 5.74) is -0.410. The van der Waals surface area contributed by atoms with Gasteiger partial charge in [0.1, 0.15) is 17.4 Å². The summed E-state index contributed by atoms with van der Waals surface area (Å²) in [7, 11) is 0. The Labute approximate surface area is 115 Å². The summed E-state index contributed by atoms with van der Waals surface area (Å²) in [4.78, 5) is 33.9. The maximum absolute atomic E-state index is 11.8. The lowest BCUT2D eigenvalue weighted by Crippen LogP contribution is -2.31. The van der Waals surface area contributed by atoms with Gasteiger partial charge in [-0.1, -0.05) is 30.4 Å². The van der Waals surface area contributed by atoms with Crippen molar-refractivity contribution in [2.45, 2.75) is 19.4 Å². The van der Waals surface area contributed by atoms with Crippen LogP contribution in [-0.2, 0) is 14.4 Å². The standard InChI is InChI=1S/C14H15NO5/c1-2-3-4-5-6-7-10(16)12-13(19)9(8-11(17)18)15-14(12)20/h2-7,9,16H,8H2,1H3,(H,15,20)(H,17,18)/b3-2+,5-4+,7-6+,12-10+. The molecular formula is C14H15NO5. The fourth-order valence-corrected chi connectivity index (χ4v) is 1.61. The number of rotatable bonds is 5. The number of carboxylic acid groups (broad SMARTS) is 1. The number of aliphatic hydroxyl groups excluding tert-OH is 1. The Kier molecular flexibility index (Phi) is 5.46. The molecule has 0 radical (unpaired) electrons. The summed E-state index contributed by atoms with van der Waals surface area (Å²) in [5, 5.41) is 20.6. The molecule has 0 aliphatic carbocycles. The van der Waals surface area contributed by atoms with Crippen LogP contribution in [0.1, 0.15) is 13.3 Å². The van der Waals surface area contributed by atoms with Gasteiger partial charge in [-0.05, 0) is 13.0 Å². The molecule has 0 aromatic heterocycles. The van der Waals surface area contributed by atoms with Gasteiger partial charge in [-0.15, -0.1) is 0 Å². The van der Waals surface area contributed by atoms with E-state index in [1.807, 2.05) is 13.0 Å². The number of ketones is 1. The van der Waals surface area contributed by atoms with E-state index in [1.54, 1.807) is 18.2 Å². The van der Waals surface area contributed by atoms with Crippen LogP contribution in [0.15, 0.2) is 47.8 Å². The van der Waals surface area contributed by atoms with E-state index in [2.05, 4.69) is 5.32 Å². The van der Waals surface area contributed by atoms with Gasteiger partial charge in [0.15, 0.2) is 5.78 Å². The molecule has 106 valence electrons. The Morgan fingerprint density at radius 1 is 1.20 bits per heavy atom. The number of aliphatic carboxylic acids is 1. The van der Waals surface area contributed by atoms with Crippen LogP contribution in [0.2, 0.25) is 0 Å². The number of carbonyl (C=O) groups is 3. The molecule has 1 aliphatic rings. The molecule has 0 aromatic carbocycles. The molecule has 0 saturated carbocycles. The van der Waals surface area contributed by atoms with Crippen LogP contribution in [0.25, 0.3) is 0 Å². The van der Waals surface area contributed by atoms with Crippen LogP contribution in [-0.4, -0.2) is 33.9 Å². The summed E-state index contributed by atoms with van der Waals surface area (Å²) >= 11 is 0. The smallest absolute Gasteiger partial charge is 0.305 e. The van der Waals surface area contributed by atoms with Crippen molar-refractivity contribution in [3.05, 3.63) is 47.8 Å². The zero-order valence-electron chi connectivity index (χ0n) is 10.9. The normalized spacial score (nSPS) is 22.1. The molecule has 1 atom stereocenters. The second-order valence-electron chi connectivity index (χ2n) is 4.02. The number of carbonyl (C=O) groups excluding carboxylic acids is 2. The zero-order chi connectivity index (χ0) is 15.1. The molecule has 20 heavy (non-hydrogen) atoms.